The normalized spacial score (nSPS) is 16.7. The minimum atomic E-state index is 0.262. The molecular weight excluding hydrogens is 391 g/mol. The number of hydrogen-bond donors (Lipinski definition) is 1. The first-order valence-electron chi connectivity index (χ1n) is 9.15. The first kappa shape index (κ1) is 19.1. The van der Waals surface area contributed by atoms with Crippen molar-refractivity contribution < 1.29 is 0 Å². The summed E-state index contributed by atoms with van der Waals surface area (Å²) in [5.74, 6) is 1.91. The number of aryl methyl sites for hydroxylation is 2. The molecule has 0 saturated carbocycles. The summed E-state index contributed by atoms with van der Waals surface area (Å²) in [6.07, 6.45) is 0.999. The van der Waals surface area contributed by atoms with E-state index in [1.54, 1.807) is 0 Å². The van der Waals surface area contributed by atoms with Crippen LogP contribution in [0.25, 0.3) is 0 Å². The van der Waals surface area contributed by atoms with Gasteiger partial charge in [-0.2, -0.15) is 0 Å². The molecule has 0 radical (unpaired) electrons. The molecule has 26 heavy (non-hydrogen) atoms. The Morgan fingerprint density at radius 1 is 1.12 bits per heavy atom. The van der Waals surface area contributed by atoms with Gasteiger partial charge in [-0.05, 0) is 0 Å². The molecule has 0 bridgehead atoms. The summed E-state index contributed by atoms with van der Waals surface area (Å²) >= 11 is 0.262. The topological polar surface area (TPSA) is 71.2 Å². The van der Waals surface area contributed by atoms with Crippen LogP contribution in [0.15, 0.2) is 18.2 Å². The van der Waals surface area contributed by atoms with Gasteiger partial charge >= 0.3 is 162 Å². The van der Waals surface area contributed by atoms with Crippen molar-refractivity contribution in [2.45, 2.75) is 32.0 Å². The zero-order valence-corrected chi connectivity index (χ0v) is 17.8. The van der Waals surface area contributed by atoms with Gasteiger partial charge in [0.15, 0.2) is 0 Å². The van der Waals surface area contributed by atoms with Crippen LogP contribution >= 0.6 is 0 Å². The Bertz CT molecular complexity index is 758. The van der Waals surface area contributed by atoms with Gasteiger partial charge in [0.25, 0.3) is 0 Å². The van der Waals surface area contributed by atoms with Crippen LogP contribution in [-0.2, 0) is 0 Å². The number of rotatable bonds is 5. The second-order valence-electron chi connectivity index (χ2n) is 6.93. The molecule has 2 heterocycles. The second kappa shape index (κ2) is 8.33. The third-order valence-electron chi connectivity index (χ3n) is 4.72. The Labute approximate surface area is 162 Å². The third kappa shape index (κ3) is 4.53. The molecule has 1 atom stereocenters. The SMILES string of the molecule is CCC([Se]c1cc(C)ccc1C)c1nc(N)nc(N2CCN(C)CC2)n1. The standard InChI is InChI=1S/C19H28N6Se/c1-5-15(26-16-12-13(2)6-7-14(16)3)17-21-18(20)23-19(22-17)25-10-8-24(4)9-11-25/h6-7,12,15H,5,8-11H2,1-4H3,(H2,20,21,22,23). The second-order valence-corrected chi connectivity index (χ2v) is 9.54. The molecule has 2 N–H and O–H groups in total. The van der Waals surface area contributed by atoms with E-state index in [1.165, 1.54) is 15.6 Å². The summed E-state index contributed by atoms with van der Waals surface area (Å²) in [6, 6.07) is 6.67. The van der Waals surface area contributed by atoms with Crippen molar-refractivity contribution in [3.8, 4) is 0 Å². The molecule has 0 aliphatic carbocycles. The number of nitrogen functional groups attached to an aromatic ring is 1. The van der Waals surface area contributed by atoms with E-state index in [0.29, 0.717) is 10.8 Å². The Morgan fingerprint density at radius 2 is 1.85 bits per heavy atom. The first-order valence-corrected chi connectivity index (χ1v) is 11.0. The summed E-state index contributed by atoms with van der Waals surface area (Å²) in [4.78, 5) is 18.6. The predicted molar refractivity (Wildman–Crippen MR) is 108 cm³/mol. The molecule has 1 unspecified atom stereocenters. The number of nitrogens with zero attached hydrogens (tertiary/aromatic N) is 5. The molecule has 1 aromatic heterocycles. The monoisotopic (exact) mass is 420 g/mol. The molecule has 0 spiro atoms. The molecule has 1 aliphatic rings. The van der Waals surface area contributed by atoms with Crippen molar-refractivity contribution >= 4 is 31.3 Å². The number of nitrogens with two attached hydrogens (primary N) is 1. The van der Waals surface area contributed by atoms with E-state index < -0.39 is 0 Å². The maximum absolute atomic E-state index is 6.04. The van der Waals surface area contributed by atoms with Gasteiger partial charge in [0, 0.05) is 0 Å². The maximum atomic E-state index is 6.04. The van der Waals surface area contributed by atoms with Crippen LogP contribution in [0.4, 0.5) is 11.9 Å². The van der Waals surface area contributed by atoms with Crippen molar-refractivity contribution in [2.24, 2.45) is 0 Å². The molecule has 0 amide bonds. The van der Waals surface area contributed by atoms with Crippen molar-refractivity contribution in [1.82, 2.24) is 19.9 Å². The number of aromatic nitrogens is 3. The Hall–Kier alpha value is -1.69. The summed E-state index contributed by atoms with van der Waals surface area (Å²) in [6.45, 7) is 10.4. The average molecular weight is 419 g/mol. The van der Waals surface area contributed by atoms with Crippen molar-refractivity contribution in [2.75, 3.05) is 43.9 Å². The zero-order valence-electron chi connectivity index (χ0n) is 16.1. The Kier molecular flexibility index (Phi) is 6.12. The van der Waals surface area contributed by atoms with E-state index in [4.69, 9.17) is 10.7 Å². The van der Waals surface area contributed by atoms with Crippen LogP contribution in [0.2, 0.25) is 0 Å². The summed E-state index contributed by atoms with van der Waals surface area (Å²) in [5.41, 5.74) is 8.69. The molecule has 1 saturated heterocycles. The van der Waals surface area contributed by atoms with Crippen molar-refractivity contribution in [3.63, 3.8) is 0 Å². The Balaban J connectivity index is 1.85. The molecule has 1 fully saturated rings. The molecule has 7 heteroatoms. The van der Waals surface area contributed by atoms with Gasteiger partial charge in [0.2, 0.25) is 0 Å². The summed E-state index contributed by atoms with van der Waals surface area (Å²) < 4.78 is 1.42. The van der Waals surface area contributed by atoms with E-state index >= 15 is 0 Å². The van der Waals surface area contributed by atoms with Gasteiger partial charge in [-0.25, -0.2) is 0 Å². The van der Waals surface area contributed by atoms with Gasteiger partial charge in [-0.1, -0.05) is 0 Å². The first-order chi connectivity index (χ1) is 12.5. The molecular formula is C19H28N6Se. The molecule has 1 aliphatic heterocycles. The molecule has 3 rings (SSSR count). The van der Waals surface area contributed by atoms with Crippen LogP contribution in [0.5, 0.6) is 0 Å². The molecule has 140 valence electrons. The quantitative estimate of drug-likeness (QED) is 0.737. The number of benzene rings is 1. The van der Waals surface area contributed by atoms with Crippen molar-refractivity contribution in [1.29, 1.82) is 0 Å². The molecule has 2 aromatic rings. The van der Waals surface area contributed by atoms with Gasteiger partial charge in [-0.15, -0.1) is 0 Å². The van der Waals surface area contributed by atoms with E-state index in [2.05, 4.69) is 65.8 Å². The molecule has 1 aromatic carbocycles. The fourth-order valence-corrected chi connectivity index (χ4v) is 5.50. The van der Waals surface area contributed by atoms with E-state index in [1.807, 2.05) is 0 Å². The van der Waals surface area contributed by atoms with E-state index in [0.717, 1.165) is 44.4 Å². The number of anilines is 2. The van der Waals surface area contributed by atoms with E-state index in [-0.39, 0.29) is 15.0 Å². The van der Waals surface area contributed by atoms with Crippen LogP contribution in [0.1, 0.15) is 35.1 Å². The van der Waals surface area contributed by atoms with Crippen LogP contribution in [-0.4, -0.2) is 68.0 Å². The third-order valence-corrected chi connectivity index (χ3v) is 7.91. The van der Waals surface area contributed by atoms with Gasteiger partial charge in [0.05, 0.1) is 0 Å². The van der Waals surface area contributed by atoms with Crippen LogP contribution < -0.4 is 15.1 Å². The number of hydrogen-bond acceptors (Lipinski definition) is 6. The van der Waals surface area contributed by atoms with Crippen molar-refractivity contribution in [3.05, 3.63) is 35.2 Å². The van der Waals surface area contributed by atoms with Gasteiger partial charge < -0.3 is 0 Å². The van der Waals surface area contributed by atoms with Crippen LogP contribution in [0.3, 0.4) is 0 Å². The fraction of sp³-hybridized carbons (Fsp3) is 0.526. The number of likely N-dealkylation sites (N-methyl/N-ethyl adjacent to an activating group) is 1. The number of piperazine rings is 1. The molecule has 6 nitrogen and oxygen atoms in total. The van der Waals surface area contributed by atoms with Crippen LogP contribution in [0, 0.1) is 13.8 Å². The zero-order chi connectivity index (χ0) is 18.7. The Morgan fingerprint density at radius 3 is 2.54 bits per heavy atom. The summed E-state index contributed by atoms with van der Waals surface area (Å²) in [7, 11) is 2.14. The average Bonchev–Trinajstić information content (AvgIpc) is 2.62. The van der Waals surface area contributed by atoms with Gasteiger partial charge in [-0.3, -0.25) is 0 Å². The predicted octanol–water partition coefficient (Wildman–Crippen LogP) is 1.30. The fourth-order valence-electron chi connectivity index (χ4n) is 3.00. The van der Waals surface area contributed by atoms with E-state index in [9.17, 15) is 0 Å². The van der Waals surface area contributed by atoms with Gasteiger partial charge in [0.1, 0.15) is 0 Å². The minimum absolute atomic E-state index is 0.262. The summed E-state index contributed by atoms with van der Waals surface area (Å²) in [5, 5.41) is 0.